The summed E-state index contributed by atoms with van der Waals surface area (Å²) < 4.78 is 31.9. The zero-order valence-corrected chi connectivity index (χ0v) is 12.2. The third kappa shape index (κ3) is 3.97. The predicted molar refractivity (Wildman–Crippen MR) is 71.4 cm³/mol. The van der Waals surface area contributed by atoms with E-state index in [-0.39, 0.29) is 5.84 Å². The molecule has 1 fully saturated rings. The van der Waals surface area contributed by atoms with Crippen molar-refractivity contribution in [2.45, 2.75) is 38.1 Å². The predicted octanol–water partition coefficient (Wildman–Crippen LogP) is -0.128. The molecule has 0 aromatic carbocycles. The van der Waals surface area contributed by atoms with Crippen molar-refractivity contribution >= 4 is 22.1 Å². The molecule has 1 rings (SSSR count). The fourth-order valence-corrected chi connectivity index (χ4v) is 3.37. The van der Waals surface area contributed by atoms with Crippen molar-refractivity contribution in [1.29, 1.82) is 0 Å². The van der Waals surface area contributed by atoms with Gasteiger partial charge in [-0.05, 0) is 31.6 Å². The lowest BCUT2D eigenvalue weighted by Gasteiger charge is -2.38. The van der Waals surface area contributed by atoms with Crippen LogP contribution in [0.4, 0.5) is 4.79 Å². The molecule has 0 atom stereocenters. The molecule has 9 nitrogen and oxygen atoms in total. The lowest BCUT2D eigenvalue weighted by Crippen LogP contribution is -2.61. The number of hydrogen-bond acceptors (Lipinski definition) is 6. The van der Waals surface area contributed by atoms with Gasteiger partial charge in [0.25, 0.3) is 0 Å². The second-order valence-corrected chi connectivity index (χ2v) is 6.36. The molecule has 5 N–H and O–H groups in total. The quantitative estimate of drug-likeness (QED) is 0.246. The molecule has 0 heterocycles. The molecule has 0 aromatic rings. The van der Waals surface area contributed by atoms with Crippen LogP contribution in [-0.4, -0.2) is 38.2 Å². The number of carbonyl (C=O) groups excluding carboxylic acids is 1. The number of rotatable bonds is 4. The van der Waals surface area contributed by atoms with Crippen LogP contribution in [-0.2, 0) is 14.9 Å². The Morgan fingerprint density at radius 3 is 2.45 bits per heavy atom. The Kier molecular flexibility index (Phi) is 5.17. The molecule has 1 aliphatic carbocycles. The molecule has 0 aromatic heterocycles. The summed E-state index contributed by atoms with van der Waals surface area (Å²) in [5.41, 5.74) is 4.43. The highest BCUT2D eigenvalue weighted by molar-refractivity contribution is 7.88. The monoisotopic (exact) mass is 308 g/mol. The molecule has 1 amide bonds. The summed E-state index contributed by atoms with van der Waals surface area (Å²) in [6.45, 7) is 2.04. The van der Waals surface area contributed by atoms with Gasteiger partial charge in [0.1, 0.15) is 0 Å². The van der Waals surface area contributed by atoms with Gasteiger partial charge in [-0.3, -0.25) is 0 Å². The smallest absolute Gasteiger partial charge is 0.421 e. The third-order valence-electron chi connectivity index (χ3n) is 3.46. The maximum Gasteiger partial charge on any atom is 0.421 e. The van der Waals surface area contributed by atoms with Crippen molar-refractivity contribution in [1.82, 2.24) is 9.44 Å². The van der Waals surface area contributed by atoms with Crippen molar-refractivity contribution in [2.75, 3.05) is 7.11 Å². The zero-order chi connectivity index (χ0) is 15.4. The van der Waals surface area contributed by atoms with Gasteiger partial charge in [-0.2, -0.15) is 13.1 Å². The highest BCUT2D eigenvalue weighted by Gasteiger charge is 2.42. The molecular formula is C10H20N4O5S. The number of ether oxygens (including phenoxy) is 1. The lowest BCUT2D eigenvalue weighted by atomic mass is 9.77. The Labute approximate surface area is 117 Å². The van der Waals surface area contributed by atoms with Gasteiger partial charge in [0, 0.05) is 0 Å². The van der Waals surface area contributed by atoms with Crippen LogP contribution in [0.15, 0.2) is 5.16 Å². The van der Waals surface area contributed by atoms with E-state index in [2.05, 4.69) is 14.6 Å². The summed E-state index contributed by atoms with van der Waals surface area (Å²) in [5.74, 6) is 0.201. The Bertz CT molecular complexity index is 482. The van der Waals surface area contributed by atoms with E-state index < -0.39 is 21.8 Å². The van der Waals surface area contributed by atoms with Gasteiger partial charge in [0.15, 0.2) is 5.84 Å². The van der Waals surface area contributed by atoms with E-state index in [9.17, 15) is 13.2 Å². The average Bonchev–Trinajstić information content (AvgIpc) is 2.39. The zero-order valence-electron chi connectivity index (χ0n) is 11.4. The number of carbonyl (C=O) groups is 1. The first kappa shape index (κ1) is 16.5. The van der Waals surface area contributed by atoms with E-state index in [4.69, 9.17) is 10.9 Å². The summed E-state index contributed by atoms with van der Waals surface area (Å²) in [6.07, 6.45) is 1.09. The molecule has 0 bridgehead atoms. The molecule has 0 spiro atoms. The van der Waals surface area contributed by atoms with Gasteiger partial charge < -0.3 is 15.7 Å². The molecule has 1 saturated carbocycles. The summed E-state index contributed by atoms with van der Waals surface area (Å²) in [5, 5.41) is 11.8. The first-order valence-corrected chi connectivity index (χ1v) is 7.60. The van der Waals surface area contributed by atoms with E-state index in [0.717, 1.165) is 20.0 Å². The summed E-state index contributed by atoms with van der Waals surface area (Å²) in [4.78, 5) is 11.0. The largest absolute Gasteiger partial charge is 0.452 e. The minimum absolute atomic E-state index is 0.223. The SMILES string of the molecule is COC(=O)NS(=O)(=O)NC1(C(N)=NO)CCC(C)CC1. The van der Waals surface area contributed by atoms with E-state index in [1.165, 1.54) is 0 Å². The number of nitrogens with one attached hydrogen (secondary N) is 2. The average molecular weight is 308 g/mol. The van der Waals surface area contributed by atoms with Crippen LogP contribution in [0.5, 0.6) is 0 Å². The standard InChI is InChI=1S/C10H20N4O5S/c1-7-3-5-10(6-4-7,8(11)12-16)14-20(17,18)13-9(15)19-2/h7,14,16H,3-6H2,1-2H3,(H2,11,12)(H,13,15). The molecule has 10 heteroatoms. The van der Waals surface area contributed by atoms with E-state index >= 15 is 0 Å². The van der Waals surface area contributed by atoms with Gasteiger partial charge in [0.05, 0.1) is 12.6 Å². The van der Waals surface area contributed by atoms with Crippen LogP contribution in [0.2, 0.25) is 0 Å². The van der Waals surface area contributed by atoms with E-state index in [0.29, 0.717) is 18.8 Å². The van der Waals surface area contributed by atoms with Crippen molar-refractivity contribution in [3.63, 3.8) is 0 Å². The molecule has 20 heavy (non-hydrogen) atoms. The number of methoxy groups -OCH3 is 1. The summed E-state index contributed by atoms with van der Waals surface area (Å²) >= 11 is 0. The van der Waals surface area contributed by atoms with Gasteiger partial charge in [-0.25, -0.2) is 9.52 Å². The number of nitrogens with two attached hydrogens (primary N) is 1. The van der Waals surface area contributed by atoms with E-state index in [1.54, 1.807) is 4.72 Å². The Morgan fingerprint density at radius 1 is 1.45 bits per heavy atom. The van der Waals surface area contributed by atoms with Gasteiger partial charge in [-0.1, -0.05) is 12.1 Å². The summed E-state index contributed by atoms with van der Waals surface area (Å²) in [6, 6.07) is 0. The van der Waals surface area contributed by atoms with Crippen molar-refractivity contribution in [3.8, 4) is 0 Å². The number of hydrogen-bond donors (Lipinski definition) is 4. The molecule has 1 aliphatic rings. The normalized spacial score (nSPS) is 27.9. The maximum absolute atomic E-state index is 11.9. The van der Waals surface area contributed by atoms with Crippen LogP contribution in [0.3, 0.4) is 0 Å². The Balaban J connectivity index is 2.94. The van der Waals surface area contributed by atoms with Crippen LogP contribution in [0.1, 0.15) is 32.6 Å². The highest BCUT2D eigenvalue weighted by Crippen LogP contribution is 2.32. The topological polar surface area (TPSA) is 143 Å². The minimum atomic E-state index is -4.17. The highest BCUT2D eigenvalue weighted by atomic mass is 32.2. The molecule has 0 saturated heterocycles. The van der Waals surface area contributed by atoms with Crippen molar-refractivity contribution < 1.29 is 23.2 Å². The van der Waals surface area contributed by atoms with E-state index in [1.807, 2.05) is 6.92 Å². The first-order chi connectivity index (χ1) is 9.24. The van der Waals surface area contributed by atoms with Crippen LogP contribution < -0.4 is 15.2 Å². The van der Waals surface area contributed by atoms with Crippen molar-refractivity contribution in [3.05, 3.63) is 0 Å². The fourth-order valence-electron chi connectivity index (χ4n) is 2.20. The second-order valence-electron chi connectivity index (χ2n) is 4.95. The maximum atomic E-state index is 11.9. The second kappa shape index (κ2) is 6.27. The third-order valence-corrected chi connectivity index (χ3v) is 4.55. The van der Waals surface area contributed by atoms with Gasteiger partial charge >= 0.3 is 16.3 Å². The number of amidine groups is 1. The van der Waals surface area contributed by atoms with Crippen molar-refractivity contribution in [2.24, 2.45) is 16.8 Å². The lowest BCUT2D eigenvalue weighted by molar-refractivity contribution is 0.177. The number of amides is 1. The fraction of sp³-hybridized carbons (Fsp3) is 0.800. The van der Waals surface area contributed by atoms with Gasteiger partial charge in [-0.15, -0.1) is 0 Å². The van der Waals surface area contributed by atoms with Gasteiger partial charge in [0.2, 0.25) is 0 Å². The minimum Gasteiger partial charge on any atom is -0.452 e. The molecular weight excluding hydrogens is 288 g/mol. The molecule has 0 aliphatic heterocycles. The number of oxime groups is 1. The van der Waals surface area contributed by atoms with Crippen LogP contribution in [0, 0.1) is 5.92 Å². The Morgan fingerprint density at radius 2 is 2.00 bits per heavy atom. The summed E-state index contributed by atoms with van der Waals surface area (Å²) in [7, 11) is -3.12. The number of nitrogens with zero attached hydrogens (tertiary/aromatic N) is 1. The Hall–Kier alpha value is -1.55. The van der Waals surface area contributed by atoms with Crippen LogP contribution >= 0.6 is 0 Å². The molecule has 0 radical (unpaired) electrons. The van der Waals surface area contributed by atoms with Crippen LogP contribution in [0.25, 0.3) is 0 Å². The molecule has 116 valence electrons. The molecule has 0 unspecified atom stereocenters. The first-order valence-electron chi connectivity index (χ1n) is 6.12.